The molecular formula is C20H14ClN5S. The number of pyridine rings is 1. The molecule has 0 amide bonds. The minimum atomic E-state index is 0.670. The summed E-state index contributed by atoms with van der Waals surface area (Å²) in [6.07, 6.45) is 1.57. The zero-order chi connectivity index (χ0) is 18.4. The smallest absolute Gasteiger partial charge is 0.163 e. The first-order valence-corrected chi connectivity index (χ1v) is 9.71. The van der Waals surface area contributed by atoms with Gasteiger partial charge in [0.15, 0.2) is 5.82 Å². The molecule has 5 nitrogen and oxygen atoms in total. The van der Waals surface area contributed by atoms with E-state index in [-0.39, 0.29) is 0 Å². The molecule has 0 bridgehead atoms. The van der Waals surface area contributed by atoms with Gasteiger partial charge >= 0.3 is 0 Å². The summed E-state index contributed by atoms with van der Waals surface area (Å²) in [5.74, 6) is 1.48. The van der Waals surface area contributed by atoms with E-state index in [1.165, 1.54) is 0 Å². The lowest BCUT2D eigenvalue weighted by atomic mass is 10.1. The van der Waals surface area contributed by atoms with E-state index >= 15 is 0 Å². The van der Waals surface area contributed by atoms with E-state index in [4.69, 9.17) is 16.6 Å². The lowest BCUT2D eigenvalue weighted by Gasteiger charge is -2.14. The van der Waals surface area contributed by atoms with Gasteiger partial charge in [0, 0.05) is 27.1 Å². The molecule has 0 spiro atoms. The highest BCUT2D eigenvalue weighted by Crippen LogP contribution is 2.38. The van der Waals surface area contributed by atoms with Crippen molar-refractivity contribution in [3.8, 4) is 11.4 Å². The first-order valence-electron chi connectivity index (χ1n) is 8.39. The van der Waals surface area contributed by atoms with Gasteiger partial charge in [0.05, 0.1) is 16.2 Å². The number of H-pyrrole nitrogens is 1. The normalized spacial score (nSPS) is 11.3. The van der Waals surface area contributed by atoms with Gasteiger partial charge in [-0.1, -0.05) is 35.9 Å². The fourth-order valence-electron chi connectivity index (χ4n) is 3.27. The van der Waals surface area contributed by atoms with Crippen LogP contribution in [-0.4, -0.2) is 20.2 Å². The van der Waals surface area contributed by atoms with Crippen molar-refractivity contribution in [2.75, 3.05) is 5.32 Å². The Morgan fingerprint density at radius 2 is 1.89 bits per heavy atom. The fourth-order valence-corrected chi connectivity index (χ4v) is 4.38. The monoisotopic (exact) mass is 391 g/mol. The molecule has 0 aliphatic carbocycles. The third-order valence-corrected chi connectivity index (χ3v) is 5.66. The zero-order valence-corrected chi connectivity index (χ0v) is 15.9. The quantitative estimate of drug-likeness (QED) is 0.399. The largest absolute Gasteiger partial charge is 0.338 e. The Hall–Kier alpha value is -2.96. The van der Waals surface area contributed by atoms with Crippen molar-refractivity contribution in [2.24, 2.45) is 0 Å². The third-order valence-electron chi connectivity index (χ3n) is 4.60. The summed E-state index contributed by atoms with van der Waals surface area (Å²) in [6, 6.07) is 12.0. The topological polar surface area (TPSA) is 66.5 Å². The second-order valence-corrected chi connectivity index (χ2v) is 7.41. The molecule has 0 atom stereocenters. The average Bonchev–Trinajstić information content (AvgIpc) is 3.36. The molecule has 3 heterocycles. The van der Waals surface area contributed by atoms with Crippen LogP contribution in [0.4, 0.5) is 11.5 Å². The van der Waals surface area contributed by atoms with Crippen molar-refractivity contribution in [3.05, 3.63) is 64.1 Å². The summed E-state index contributed by atoms with van der Waals surface area (Å²) >= 11 is 8.08. The van der Waals surface area contributed by atoms with E-state index in [1.807, 2.05) is 37.3 Å². The first kappa shape index (κ1) is 16.2. The fraction of sp³-hybridized carbons (Fsp3) is 0.0500. The number of aromatic nitrogens is 4. The van der Waals surface area contributed by atoms with Gasteiger partial charge in [-0.05, 0) is 30.0 Å². The van der Waals surface area contributed by atoms with E-state index in [0.29, 0.717) is 10.8 Å². The molecule has 5 rings (SSSR count). The number of nitrogens with zero attached hydrogens (tertiary/aromatic N) is 3. The minimum absolute atomic E-state index is 0.670. The number of rotatable bonds is 3. The van der Waals surface area contributed by atoms with Gasteiger partial charge in [0.1, 0.15) is 12.1 Å². The average molecular weight is 392 g/mol. The third kappa shape index (κ3) is 2.65. The van der Waals surface area contributed by atoms with Crippen LogP contribution in [0.5, 0.6) is 0 Å². The first-order chi connectivity index (χ1) is 13.2. The van der Waals surface area contributed by atoms with Crippen LogP contribution in [0.15, 0.2) is 53.5 Å². The molecule has 2 aromatic carbocycles. The van der Waals surface area contributed by atoms with Crippen LogP contribution in [0, 0.1) is 6.92 Å². The predicted octanol–water partition coefficient (Wildman–Crippen LogP) is 5.94. The highest BCUT2D eigenvalue weighted by atomic mass is 35.5. The number of hydrogen-bond donors (Lipinski definition) is 2. The second-order valence-electron chi connectivity index (χ2n) is 6.26. The van der Waals surface area contributed by atoms with Gasteiger partial charge in [-0.15, -0.1) is 10.2 Å². The van der Waals surface area contributed by atoms with Crippen LogP contribution in [0.25, 0.3) is 33.1 Å². The van der Waals surface area contributed by atoms with Gasteiger partial charge in [-0.3, -0.25) is 0 Å². The number of fused-ring (bicyclic) bond motifs is 3. The lowest BCUT2D eigenvalue weighted by molar-refractivity contribution is 1.10. The van der Waals surface area contributed by atoms with E-state index in [1.54, 1.807) is 17.7 Å². The van der Waals surface area contributed by atoms with Crippen molar-refractivity contribution in [1.29, 1.82) is 0 Å². The molecule has 2 N–H and O–H groups in total. The van der Waals surface area contributed by atoms with Crippen LogP contribution in [0.2, 0.25) is 5.02 Å². The number of thiophene rings is 1. The minimum Gasteiger partial charge on any atom is -0.338 e. The van der Waals surface area contributed by atoms with E-state index < -0.39 is 0 Å². The molecule has 0 aliphatic heterocycles. The van der Waals surface area contributed by atoms with E-state index in [9.17, 15) is 0 Å². The molecule has 0 aliphatic rings. The molecule has 0 unspecified atom stereocenters. The zero-order valence-electron chi connectivity index (χ0n) is 14.3. The molecule has 27 heavy (non-hydrogen) atoms. The molecule has 7 heteroatoms. The summed E-state index contributed by atoms with van der Waals surface area (Å²) in [7, 11) is 0. The Balaban J connectivity index is 1.79. The Labute approximate surface area is 164 Å². The summed E-state index contributed by atoms with van der Waals surface area (Å²) in [4.78, 5) is 8.03. The van der Waals surface area contributed by atoms with Crippen molar-refractivity contribution in [2.45, 2.75) is 6.92 Å². The summed E-state index contributed by atoms with van der Waals surface area (Å²) in [6.45, 7) is 2.03. The number of anilines is 2. The molecular weight excluding hydrogens is 378 g/mol. The van der Waals surface area contributed by atoms with Gasteiger partial charge in [0.25, 0.3) is 0 Å². The lowest BCUT2D eigenvalue weighted by Crippen LogP contribution is -1.99. The summed E-state index contributed by atoms with van der Waals surface area (Å²) in [5.41, 5.74) is 3.72. The molecule has 3 aromatic heterocycles. The molecule has 132 valence electrons. The van der Waals surface area contributed by atoms with Gasteiger partial charge in [0.2, 0.25) is 0 Å². The SMILES string of the molecule is Cc1cccc(Cl)c1Nc1nc2c(-c3nnc[nH]3)cccc2c2cscc12. The van der Waals surface area contributed by atoms with Gasteiger partial charge in [-0.2, -0.15) is 11.3 Å². The Kier molecular flexibility index (Phi) is 3.81. The van der Waals surface area contributed by atoms with Gasteiger partial charge in [-0.25, -0.2) is 4.98 Å². The maximum Gasteiger partial charge on any atom is 0.163 e. The molecule has 0 saturated carbocycles. The Morgan fingerprint density at radius 3 is 2.70 bits per heavy atom. The van der Waals surface area contributed by atoms with Crippen LogP contribution in [0.3, 0.4) is 0 Å². The standard InChI is InChI=1S/C20H14ClN5S/c1-11-4-2-7-16(21)17(11)24-20-15-9-27-8-14(15)12-5-3-6-13(18(12)25-20)19-22-10-23-26-19/h2-10H,1H3,(H,24,25)(H,22,23,26). The molecule has 5 aromatic rings. The summed E-state index contributed by atoms with van der Waals surface area (Å²) < 4.78 is 0. The maximum atomic E-state index is 6.42. The molecule has 0 fully saturated rings. The number of hydrogen-bond acceptors (Lipinski definition) is 5. The maximum absolute atomic E-state index is 6.42. The number of benzene rings is 2. The Bertz CT molecular complexity index is 1260. The summed E-state index contributed by atoms with van der Waals surface area (Å²) in [5, 5.41) is 19.8. The van der Waals surface area contributed by atoms with Crippen molar-refractivity contribution >= 4 is 56.1 Å². The number of aromatic amines is 1. The van der Waals surface area contributed by atoms with Gasteiger partial charge < -0.3 is 10.3 Å². The number of aryl methyl sites for hydroxylation is 1. The number of nitrogens with one attached hydrogen (secondary N) is 2. The number of para-hydroxylation sites is 2. The highest BCUT2D eigenvalue weighted by Gasteiger charge is 2.15. The van der Waals surface area contributed by atoms with Crippen LogP contribution in [-0.2, 0) is 0 Å². The van der Waals surface area contributed by atoms with E-state index in [2.05, 4.69) is 37.3 Å². The Morgan fingerprint density at radius 1 is 1.04 bits per heavy atom. The van der Waals surface area contributed by atoms with Crippen LogP contribution < -0.4 is 5.32 Å². The van der Waals surface area contributed by atoms with Crippen molar-refractivity contribution < 1.29 is 0 Å². The van der Waals surface area contributed by atoms with Crippen molar-refractivity contribution in [1.82, 2.24) is 20.2 Å². The predicted molar refractivity (Wildman–Crippen MR) is 112 cm³/mol. The van der Waals surface area contributed by atoms with E-state index in [0.717, 1.165) is 44.3 Å². The number of halogens is 1. The van der Waals surface area contributed by atoms with Crippen LogP contribution >= 0.6 is 22.9 Å². The molecule has 0 radical (unpaired) electrons. The second kappa shape index (κ2) is 6.33. The molecule has 0 saturated heterocycles. The van der Waals surface area contributed by atoms with Crippen molar-refractivity contribution in [3.63, 3.8) is 0 Å². The van der Waals surface area contributed by atoms with Crippen LogP contribution in [0.1, 0.15) is 5.56 Å². The highest BCUT2D eigenvalue weighted by molar-refractivity contribution is 7.09.